The summed E-state index contributed by atoms with van der Waals surface area (Å²) in [6.45, 7) is 6.50. The van der Waals surface area contributed by atoms with E-state index in [4.69, 9.17) is 24.9 Å². The molecule has 5 amide bonds. The van der Waals surface area contributed by atoms with Gasteiger partial charge in [0.15, 0.2) is 5.60 Å². The smallest absolute Gasteiger partial charge is 0.407 e. The first-order valence-corrected chi connectivity index (χ1v) is 25.8. The van der Waals surface area contributed by atoms with Crippen LogP contribution in [0, 0.1) is 24.6 Å². The number of aliphatic hydroxyl groups is 1. The normalized spacial score (nSPS) is 17.4. The second-order valence-corrected chi connectivity index (χ2v) is 20.4. The number of aromatic nitrogens is 2. The standard InChI is InChI=1S/C58H58FN7O11/c1-5-58(74)41-23-46-50-38(25-66(46)53(69)40(41)28-76-55(58)71)49-43(21-20-33-30(4)42(59)24-45(63-50)48(33)49)65-57(73)77-26-31-16-18-32(19-17-31)62-51(67)44(15-10-22-61-56(60)72)64-52(68)47(29(2)3)54(70)75-27-39-36-13-8-6-11-34(36)35-12-7-9-14-37(35)39/h6-9,11-14,16-19,23-24,29,39,43-44,47,74H,5,10,15,20-22,25-28H2,1-4H3,(H,62,67)(H,64,68)(H,65,73)(H3,60,61,72)/t43-,44+,47+,58-/m0/s1. The first kappa shape index (κ1) is 52.0. The van der Waals surface area contributed by atoms with E-state index in [2.05, 4.69) is 21.3 Å². The number of nitrogens with one attached hydrogen (secondary N) is 4. The molecular formula is C58H58FN7O11. The molecule has 0 radical (unpaired) electrons. The molecule has 4 aliphatic rings. The zero-order chi connectivity index (χ0) is 54.4. The maximum absolute atomic E-state index is 15.5. The van der Waals surface area contributed by atoms with Crippen molar-refractivity contribution < 1.29 is 52.5 Å². The SMILES string of the molecule is CC[C@@]1(O)C(=O)OCc2c1cc1n(c2=O)Cc2c-1nc1cc(F)c(C)c3c1c2[C@@H](NC(=O)OCc1ccc(NC(=O)[C@@H](CCCNC(N)=O)NC(=O)[C@H](C(=O)OCC2c4ccccc4-c4ccccc42)C(C)C)cc1)CC3. The lowest BCUT2D eigenvalue weighted by Crippen LogP contribution is -2.49. The lowest BCUT2D eigenvalue weighted by atomic mass is 9.81. The van der Waals surface area contributed by atoms with Gasteiger partial charge in [-0.2, -0.15) is 0 Å². The number of ether oxygens (including phenoxy) is 3. The minimum Gasteiger partial charge on any atom is -0.464 e. The molecule has 19 heteroatoms. The number of anilines is 1. The van der Waals surface area contributed by atoms with Crippen molar-refractivity contribution >= 4 is 52.5 Å². The van der Waals surface area contributed by atoms with Crippen LogP contribution in [0.1, 0.15) is 108 Å². The fourth-order valence-corrected chi connectivity index (χ4v) is 11.4. The summed E-state index contributed by atoms with van der Waals surface area (Å²) in [6, 6.07) is 22.8. The van der Waals surface area contributed by atoms with Crippen LogP contribution in [0.2, 0.25) is 0 Å². The molecule has 0 bridgehead atoms. The summed E-state index contributed by atoms with van der Waals surface area (Å²) in [5.74, 6) is -5.25. The van der Waals surface area contributed by atoms with Gasteiger partial charge < -0.3 is 50.9 Å². The number of benzene rings is 4. The number of rotatable bonds is 16. The average molecular weight is 1050 g/mol. The summed E-state index contributed by atoms with van der Waals surface area (Å²) in [5.41, 5.74) is 11.7. The van der Waals surface area contributed by atoms with E-state index in [0.29, 0.717) is 63.1 Å². The van der Waals surface area contributed by atoms with Crippen LogP contribution in [0.4, 0.5) is 19.7 Å². The molecule has 0 saturated carbocycles. The van der Waals surface area contributed by atoms with Crippen molar-refractivity contribution in [2.24, 2.45) is 17.6 Å². The molecule has 2 aliphatic heterocycles. The van der Waals surface area contributed by atoms with Crippen molar-refractivity contribution in [2.45, 2.75) is 103 Å². The van der Waals surface area contributed by atoms with Gasteiger partial charge in [0.2, 0.25) is 11.8 Å². The number of nitrogens with two attached hydrogens (primary N) is 1. The minimum atomic E-state index is -2.04. The van der Waals surface area contributed by atoms with Crippen molar-refractivity contribution in [3.63, 3.8) is 0 Å². The summed E-state index contributed by atoms with van der Waals surface area (Å²) >= 11 is 0. The van der Waals surface area contributed by atoms with Crippen LogP contribution in [-0.4, -0.2) is 69.7 Å². The molecule has 18 nitrogen and oxygen atoms in total. The molecule has 7 N–H and O–H groups in total. The van der Waals surface area contributed by atoms with Crippen molar-refractivity contribution in [3.05, 3.63) is 151 Å². The Balaban J connectivity index is 0.805. The minimum absolute atomic E-state index is 0.0178. The molecule has 0 spiro atoms. The molecule has 0 unspecified atom stereocenters. The monoisotopic (exact) mass is 1050 g/mol. The number of halogens is 1. The highest BCUT2D eigenvalue weighted by molar-refractivity contribution is 6.02. The van der Waals surface area contributed by atoms with Gasteiger partial charge in [-0.15, -0.1) is 0 Å². The van der Waals surface area contributed by atoms with Gasteiger partial charge in [0, 0.05) is 40.7 Å². The van der Waals surface area contributed by atoms with Crippen LogP contribution in [0.3, 0.4) is 0 Å². The van der Waals surface area contributed by atoms with E-state index in [1.807, 2.05) is 48.5 Å². The number of carbonyl (C=O) groups is 6. The summed E-state index contributed by atoms with van der Waals surface area (Å²) in [6.07, 6.45) is 0.353. The quantitative estimate of drug-likeness (QED) is 0.0249. The number of aryl methyl sites for hydroxylation is 1. The van der Waals surface area contributed by atoms with Gasteiger partial charge in [0.05, 0.1) is 35.1 Å². The number of nitrogens with zero attached hydrogens (tertiary/aromatic N) is 2. The van der Waals surface area contributed by atoms with Gasteiger partial charge in [0.25, 0.3) is 5.56 Å². The summed E-state index contributed by atoms with van der Waals surface area (Å²) in [5, 5.41) is 23.1. The lowest BCUT2D eigenvalue weighted by molar-refractivity contribution is -0.172. The highest BCUT2D eigenvalue weighted by Crippen LogP contribution is 2.47. The Labute approximate surface area is 441 Å². The summed E-state index contributed by atoms with van der Waals surface area (Å²) in [7, 11) is 0. The van der Waals surface area contributed by atoms with Gasteiger partial charge in [-0.3, -0.25) is 19.2 Å². The molecule has 0 saturated heterocycles. The fourth-order valence-electron chi connectivity index (χ4n) is 11.4. The van der Waals surface area contributed by atoms with E-state index >= 15 is 4.39 Å². The van der Waals surface area contributed by atoms with E-state index in [-0.39, 0.29) is 69.2 Å². The third-order valence-electron chi connectivity index (χ3n) is 15.4. The molecule has 77 heavy (non-hydrogen) atoms. The first-order chi connectivity index (χ1) is 37.0. The predicted octanol–water partition coefficient (Wildman–Crippen LogP) is 6.94. The fraction of sp³-hybridized carbons (Fsp3) is 0.345. The number of pyridine rings is 2. The van der Waals surface area contributed by atoms with Crippen LogP contribution < -0.4 is 32.6 Å². The zero-order valence-electron chi connectivity index (χ0n) is 42.9. The molecule has 2 aliphatic carbocycles. The van der Waals surface area contributed by atoms with Crippen LogP contribution in [0.25, 0.3) is 33.4 Å². The van der Waals surface area contributed by atoms with Crippen molar-refractivity contribution in [1.82, 2.24) is 25.5 Å². The molecular weight excluding hydrogens is 990 g/mol. The molecule has 6 aromatic rings. The average Bonchev–Trinajstić information content (AvgIpc) is 3.95. The number of cyclic esters (lactones) is 1. The van der Waals surface area contributed by atoms with E-state index in [1.165, 1.54) is 10.6 Å². The Morgan fingerprint density at radius 1 is 0.935 bits per heavy atom. The van der Waals surface area contributed by atoms with Crippen LogP contribution >= 0.6 is 0 Å². The number of alkyl carbamates (subject to hydrolysis) is 1. The van der Waals surface area contributed by atoms with Crippen LogP contribution in [-0.2, 0) is 65.2 Å². The number of hydrogen-bond donors (Lipinski definition) is 6. The number of primary amides is 1. The Morgan fingerprint density at radius 2 is 1.64 bits per heavy atom. The van der Waals surface area contributed by atoms with Gasteiger partial charge >= 0.3 is 24.1 Å². The van der Waals surface area contributed by atoms with E-state index < -0.39 is 76.8 Å². The molecule has 398 valence electrons. The van der Waals surface area contributed by atoms with Crippen LogP contribution in [0.15, 0.2) is 89.7 Å². The third-order valence-corrected chi connectivity index (χ3v) is 15.4. The maximum atomic E-state index is 15.5. The summed E-state index contributed by atoms with van der Waals surface area (Å²) < 4.78 is 33.8. The maximum Gasteiger partial charge on any atom is 0.407 e. The number of hydrogen-bond acceptors (Lipinski definition) is 12. The highest BCUT2D eigenvalue weighted by Gasteiger charge is 2.46. The second-order valence-electron chi connectivity index (χ2n) is 20.4. The number of urea groups is 1. The van der Waals surface area contributed by atoms with Crippen molar-refractivity contribution in [1.29, 1.82) is 0 Å². The Bertz CT molecular complexity index is 3440. The van der Waals surface area contributed by atoms with Crippen LogP contribution in [0.5, 0.6) is 0 Å². The lowest BCUT2D eigenvalue weighted by Gasteiger charge is -2.31. The molecule has 4 aromatic carbocycles. The number of carbonyl (C=O) groups excluding carboxylic acids is 6. The van der Waals surface area contributed by atoms with E-state index in [1.54, 1.807) is 58.0 Å². The van der Waals surface area contributed by atoms with E-state index in [9.17, 15) is 38.7 Å². The first-order valence-electron chi connectivity index (χ1n) is 25.8. The number of esters is 2. The molecule has 2 aromatic heterocycles. The predicted molar refractivity (Wildman–Crippen MR) is 280 cm³/mol. The van der Waals surface area contributed by atoms with Gasteiger partial charge in [-0.1, -0.05) is 81.4 Å². The Kier molecular flexibility index (Phi) is 14.1. The molecule has 4 atom stereocenters. The Hall–Kier alpha value is -8.45. The third kappa shape index (κ3) is 9.64. The number of fused-ring (bicyclic) bond motifs is 8. The highest BCUT2D eigenvalue weighted by atomic mass is 19.1. The second kappa shape index (κ2) is 20.9. The van der Waals surface area contributed by atoms with Gasteiger partial charge in [0.1, 0.15) is 37.6 Å². The number of amides is 5. The van der Waals surface area contributed by atoms with E-state index in [0.717, 1.165) is 27.8 Å². The molecule has 0 fully saturated rings. The molecule has 4 heterocycles. The van der Waals surface area contributed by atoms with Gasteiger partial charge in [-0.05, 0) is 108 Å². The largest absolute Gasteiger partial charge is 0.464 e. The molecule has 10 rings (SSSR count). The van der Waals surface area contributed by atoms with Gasteiger partial charge in [-0.25, -0.2) is 23.8 Å². The van der Waals surface area contributed by atoms with Crippen molar-refractivity contribution in [2.75, 3.05) is 18.5 Å². The topological polar surface area (TPSA) is 259 Å². The zero-order valence-corrected chi connectivity index (χ0v) is 42.9. The van der Waals surface area contributed by atoms with Crippen molar-refractivity contribution in [3.8, 4) is 22.5 Å². The summed E-state index contributed by atoms with van der Waals surface area (Å²) in [4.78, 5) is 98.4. The Morgan fingerprint density at radius 3 is 2.31 bits per heavy atom.